The predicted molar refractivity (Wildman–Crippen MR) is 76.2 cm³/mol. The number of aliphatic carboxylic acids is 1. The van der Waals surface area contributed by atoms with E-state index in [9.17, 15) is 9.90 Å². The molecule has 0 radical (unpaired) electrons. The highest BCUT2D eigenvalue weighted by atomic mass is 16.4. The quantitative estimate of drug-likeness (QED) is 0.905. The van der Waals surface area contributed by atoms with Crippen molar-refractivity contribution in [1.82, 2.24) is 14.7 Å². The summed E-state index contributed by atoms with van der Waals surface area (Å²) >= 11 is 0. The van der Waals surface area contributed by atoms with Crippen LogP contribution in [0, 0.1) is 6.92 Å². The van der Waals surface area contributed by atoms with Gasteiger partial charge in [-0.15, -0.1) is 0 Å². The van der Waals surface area contributed by atoms with Gasteiger partial charge in [0.25, 0.3) is 0 Å². The van der Waals surface area contributed by atoms with Gasteiger partial charge in [-0.05, 0) is 25.1 Å². The smallest absolute Gasteiger partial charge is 0.325 e. The molecule has 1 heterocycles. The number of aromatic nitrogens is 2. The number of benzene rings is 1. The fraction of sp³-hybridized carbons (Fsp3) is 0.333. The fourth-order valence-corrected chi connectivity index (χ4v) is 2.39. The number of rotatable bonds is 5. The van der Waals surface area contributed by atoms with Crippen molar-refractivity contribution in [1.29, 1.82) is 0 Å². The van der Waals surface area contributed by atoms with Crippen molar-refractivity contribution in [2.24, 2.45) is 7.05 Å². The zero-order chi connectivity index (χ0) is 14.7. The van der Waals surface area contributed by atoms with Crippen LogP contribution in [0.3, 0.4) is 0 Å². The summed E-state index contributed by atoms with van der Waals surface area (Å²) < 4.78 is 1.71. The molecule has 0 bridgehead atoms. The van der Waals surface area contributed by atoms with Crippen LogP contribution in [0.5, 0.6) is 0 Å². The Morgan fingerprint density at radius 3 is 2.70 bits per heavy atom. The van der Waals surface area contributed by atoms with Crippen molar-refractivity contribution in [3.8, 4) is 0 Å². The number of aryl methyl sites for hydroxylation is 2. The van der Waals surface area contributed by atoms with E-state index >= 15 is 0 Å². The molecule has 1 atom stereocenters. The molecule has 0 aliphatic rings. The number of carboxylic acid groups (broad SMARTS) is 1. The van der Waals surface area contributed by atoms with Gasteiger partial charge in [-0.1, -0.05) is 24.3 Å². The summed E-state index contributed by atoms with van der Waals surface area (Å²) in [4.78, 5) is 13.4. The molecule has 5 heteroatoms. The second-order valence-electron chi connectivity index (χ2n) is 5.03. The monoisotopic (exact) mass is 273 g/mol. The van der Waals surface area contributed by atoms with E-state index in [1.165, 1.54) is 0 Å². The van der Waals surface area contributed by atoms with Crippen molar-refractivity contribution in [3.63, 3.8) is 0 Å². The summed E-state index contributed by atoms with van der Waals surface area (Å²) in [5.74, 6) is -0.842. The van der Waals surface area contributed by atoms with Crippen LogP contribution in [0.2, 0.25) is 0 Å². The number of likely N-dealkylation sites (N-methyl/N-ethyl adjacent to an activating group) is 1. The maximum Gasteiger partial charge on any atom is 0.325 e. The fourth-order valence-electron chi connectivity index (χ4n) is 2.39. The van der Waals surface area contributed by atoms with Crippen LogP contribution in [0.25, 0.3) is 0 Å². The van der Waals surface area contributed by atoms with E-state index in [2.05, 4.69) is 5.10 Å². The molecule has 0 fully saturated rings. The summed E-state index contributed by atoms with van der Waals surface area (Å²) in [6.07, 6.45) is 3.65. The highest BCUT2D eigenvalue weighted by molar-refractivity contribution is 5.76. The first kappa shape index (κ1) is 14.3. The number of hydrogen-bond donors (Lipinski definition) is 1. The van der Waals surface area contributed by atoms with E-state index in [0.717, 1.165) is 16.7 Å². The molecule has 0 aliphatic carbocycles. The minimum atomic E-state index is -0.842. The Labute approximate surface area is 118 Å². The van der Waals surface area contributed by atoms with Gasteiger partial charge in [0.15, 0.2) is 0 Å². The largest absolute Gasteiger partial charge is 0.480 e. The lowest BCUT2D eigenvalue weighted by Gasteiger charge is -2.25. The predicted octanol–water partition coefficient (Wildman–Crippen LogP) is 1.99. The van der Waals surface area contributed by atoms with Crippen LogP contribution < -0.4 is 0 Å². The van der Waals surface area contributed by atoms with Crippen molar-refractivity contribution in [2.75, 3.05) is 7.05 Å². The summed E-state index contributed by atoms with van der Waals surface area (Å²) in [6.45, 7) is 2.47. The Bertz CT molecular complexity index is 607. The maximum atomic E-state index is 11.6. The summed E-state index contributed by atoms with van der Waals surface area (Å²) in [5.41, 5.74) is 2.80. The number of carbonyl (C=O) groups is 1. The van der Waals surface area contributed by atoms with Crippen LogP contribution in [-0.2, 0) is 18.4 Å². The third kappa shape index (κ3) is 3.05. The first-order chi connectivity index (χ1) is 9.49. The Balaban J connectivity index is 2.25. The van der Waals surface area contributed by atoms with E-state index < -0.39 is 12.0 Å². The van der Waals surface area contributed by atoms with Gasteiger partial charge in [0.2, 0.25) is 0 Å². The molecule has 1 aromatic carbocycles. The molecule has 5 nitrogen and oxygen atoms in total. The molecule has 1 unspecified atom stereocenters. The molecule has 2 rings (SSSR count). The zero-order valence-corrected chi connectivity index (χ0v) is 11.9. The standard InChI is InChI=1S/C15H19N3O2/c1-11-6-4-5-7-13(11)14(15(19)20)17(2)9-12-8-16-18(3)10-12/h4-8,10,14H,9H2,1-3H3,(H,19,20). The van der Waals surface area contributed by atoms with Gasteiger partial charge >= 0.3 is 5.97 Å². The van der Waals surface area contributed by atoms with E-state index in [1.54, 1.807) is 10.9 Å². The molecule has 1 aromatic heterocycles. The van der Waals surface area contributed by atoms with Gasteiger partial charge in [0, 0.05) is 25.4 Å². The van der Waals surface area contributed by atoms with Gasteiger partial charge < -0.3 is 5.11 Å². The Kier molecular flexibility index (Phi) is 4.20. The average Bonchev–Trinajstić information content (AvgIpc) is 2.77. The molecule has 2 aromatic rings. The second kappa shape index (κ2) is 5.88. The molecule has 0 saturated heterocycles. The highest BCUT2D eigenvalue weighted by Gasteiger charge is 2.26. The van der Waals surface area contributed by atoms with Crippen LogP contribution in [0.4, 0.5) is 0 Å². The minimum Gasteiger partial charge on any atom is -0.480 e. The van der Waals surface area contributed by atoms with Crippen molar-refractivity contribution in [3.05, 3.63) is 53.3 Å². The molecule has 0 aliphatic heterocycles. The maximum absolute atomic E-state index is 11.6. The van der Waals surface area contributed by atoms with Gasteiger partial charge in [-0.2, -0.15) is 5.10 Å². The first-order valence-electron chi connectivity index (χ1n) is 6.45. The van der Waals surface area contributed by atoms with Crippen molar-refractivity contribution in [2.45, 2.75) is 19.5 Å². The number of hydrogen-bond acceptors (Lipinski definition) is 3. The molecule has 106 valence electrons. The van der Waals surface area contributed by atoms with Gasteiger partial charge in [0.1, 0.15) is 6.04 Å². The van der Waals surface area contributed by atoms with Crippen LogP contribution in [0.15, 0.2) is 36.7 Å². The minimum absolute atomic E-state index is 0.541. The molecular weight excluding hydrogens is 254 g/mol. The van der Waals surface area contributed by atoms with Gasteiger partial charge in [0.05, 0.1) is 6.20 Å². The lowest BCUT2D eigenvalue weighted by molar-refractivity contribution is -0.143. The lowest BCUT2D eigenvalue weighted by Crippen LogP contribution is -2.30. The Morgan fingerprint density at radius 2 is 2.15 bits per heavy atom. The van der Waals surface area contributed by atoms with E-state index in [0.29, 0.717) is 6.54 Å². The topological polar surface area (TPSA) is 58.4 Å². The van der Waals surface area contributed by atoms with Crippen molar-refractivity contribution >= 4 is 5.97 Å². The SMILES string of the molecule is Cc1ccccc1C(C(=O)O)N(C)Cc1cnn(C)c1. The van der Waals surface area contributed by atoms with Crippen LogP contribution in [-0.4, -0.2) is 32.8 Å². The van der Waals surface area contributed by atoms with Crippen molar-refractivity contribution < 1.29 is 9.90 Å². The van der Waals surface area contributed by atoms with E-state index in [1.807, 2.05) is 56.4 Å². The van der Waals surface area contributed by atoms with Crippen LogP contribution >= 0.6 is 0 Å². The zero-order valence-electron chi connectivity index (χ0n) is 11.9. The van der Waals surface area contributed by atoms with Gasteiger partial charge in [-0.25, -0.2) is 0 Å². The number of nitrogens with zero attached hydrogens (tertiary/aromatic N) is 3. The third-order valence-electron chi connectivity index (χ3n) is 3.35. The Morgan fingerprint density at radius 1 is 1.45 bits per heavy atom. The summed E-state index contributed by atoms with van der Waals surface area (Å²) in [5, 5.41) is 13.6. The molecular formula is C15H19N3O2. The summed E-state index contributed by atoms with van der Waals surface area (Å²) in [7, 11) is 3.66. The van der Waals surface area contributed by atoms with E-state index in [-0.39, 0.29) is 0 Å². The second-order valence-corrected chi connectivity index (χ2v) is 5.03. The molecule has 0 spiro atoms. The molecule has 1 N–H and O–H groups in total. The average molecular weight is 273 g/mol. The molecule has 20 heavy (non-hydrogen) atoms. The Hall–Kier alpha value is -2.14. The van der Waals surface area contributed by atoms with Gasteiger partial charge in [-0.3, -0.25) is 14.4 Å². The highest BCUT2D eigenvalue weighted by Crippen LogP contribution is 2.24. The first-order valence-corrected chi connectivity index (χ1v) is 6.45. The lowest BCUT2D eigenvalue weighted by atomic mass is 10.00. The van der Waals surface area contributed by atoms with Crippen LogP contribution in [0.1, 0.15) is 22.7 Å². The number of carboxylic acids is 1. The summed E-state index contributed by atoms with van der Waals surface area (Å²) in [6, 6.07) is 6.93. The molecule has 0 amide bonds. The normalized spacial score (nSPS) is 12.6. The van der Waals surface area contributed by atoms with E-state index in [4.69, 9.17) is 0 Å². The molecule has 0 saturated carbocycles. The third-order valence-corrected chi connectivity index (χ3v) is 3.35.